The highest BCUT2D eigenvalue weighted by Crippen LogP contribution is 2.17. The van der Waals surface area contributed by atoms with Crippen molar-refractivity contribution >= 4 is 17.9 Å². The van der Waals surface area contributed by atoms with Crippen molar-refractivity contribution in [3.05, 3.63) is 30.3 Å². The number of aldehydes is 1. The zero-order valence-electron chi connectivity index (χ0n) is 11.9. The third-order valence-electron chi connectivity index (χ3n) is 3.76. The van der Waals surface area contributed by atoms with E-state index >= 15 is 0 Å². The third-order valence-corrected chi connectivity index (χ3v) is 3.76. The van der Waals surface area contributed by atoms with Crippen molar-refractivity contribution in [3.63, 3.8) is 0 Å². The average molecular weight is 285 g/mol. The molecule has 1 heterocycles. The van der Waals surface area contributed by atoms with Crippen LogP contribution in [0.2, 0.25) is 0 Å². The smallest absolute Gasteiger partial charge is 0.242 e. The van der Waals surface area contributed by atoms with Crippen LogP contribution >= 0.6 is 0 Å². The summed E-state index contributed by atoms with van der Waals surface area (Å²) in [7, 11) is 0. The highest BCUT2D eigenvalue weighted by molar-refractivity contribution is 5.95. The topological polar surface area (TPSA) is 64.4 Å². The van der Waals surface area contributed by atoms with Gasteiger partial charge < -0.3 is 4.79 Å². The maximum absolute atomic E-state index is 12.5. The van der Waals surface area contributed by atoms with Gasteiger partial charge in [-0.2, -0.15) is 5.26 Å². The SMILES string of the molecule is N#CCN(C(=O)CN1CCCCC1C=O)c1ccccc1. The van der Waals surface area contributed by atoms with Crippen LogP contribution in [0.3, 0.4) is 0 Å². The molecule has 1 aliphatic rings. The van der Waals surface area contributed by atoms with E-state index in [4.69, 9.17) is 5.26 Å². The first-order chi connectivity index (χ1) is 10.3. The van der Waals surface area contributed by atoms with Crippen molar-refractivity contribution < 1.29 is 9.59 Å². The molecule has 5 heteroatoms. The van der Waals surface area contributed by atoms with Crippen LogP contribution < -0.4 is 4.90 Å². The molecule has 1 atom stereocenters. The number of benzene rings is 1. The van der Waals surface area contributed by atoms with E-state index in [1.165, 1.54) is 4.90 Å². The van der Waals surface area contributed by atoms with Gasteiger partial charge in [0.1, 0.15) is 12.8 Å². The first-order valence-electron chi connectivity index (χ1n) is 7.18. The molecule has 0 aromatic heterocycles. The Morgan fingerprint density at radius 3 is 2.81 bits per heavy atom. The number of carbonyl (C=O) groups is 2. The fourth-order valence-electron chi connectivity index (χ4n) is 2.63. The quantitative estimate of drug-likeness (QED) is 0.609. The number of amides is 1. The molecular weight excluding hydrogens is 266 g/mol. The minimum Gasteiger partial charge on any atom is -0.302 e. The molecule has 5 nitrogen and oxygen atoms in total. The molecule has 0 spiro atoms. The molecule has 2 rings (SSSR count). The summed E-state index contributed by atoms with van der Waals surface area (Å²) >= 11 is 0. The molecule has 1 aromatic carbocycles. The molecule has 110 valence electrons. The van der Waals surface area contributed by atoms with Crippen LogP contribution in [0.1, 0.15) is 19.3 Å². The molecule has 1 amide bonds. The van der Waals surface area contributed by atoms with Crippen LogP contribution in [0.4, 0.5) is 5.69 Å². The molecule has 1 aliphatic heterocycles. The van der Waals surface area contributed by atoms with E-state index in [0.29, 0.717) is 5.69 Å². The number of piperidine rings is 1. The van der Waals surface area contributed by atoms with Crippen LogP contribution in [0.5, 0.6) is 0 Å². The second-order valence-corrected chi connectivity index (χ2v) is 5.14. The fourth-order valence-corrected chi connectivity index (χ4v) is 2.63. The van der Waals surface area contributed by atoms with Crippen molar-refractivity contribution in [2.45, 2.75) is 25.3 Å². The average Bonchev–Trinajstić information content (AvgIpc) is 2.53. The molecule has 0 N–H and O–H groups in total. The van der Waals surface area contributed by atoms with Crippen molar-refractivity contribution in [1.29, 1.82) is 5.26 Å². The number of nitrogens with zero attached hydrogens (tertiary/aromatic N) is 3. The second-order valence-electron chi connectivity index (χ2n) is 5.14. The van der Waals surface area contributed by atoms with Crippen LogP contribution in [-0.2, 0) is 9.59 Å². The van der Waals surface area contributed by atoms with Crippen LogP contribution in [0.25, 0.3) is 0 Å². The fraction of sp³-hybridized carbons (Fsp3) is 0.438. The standard InChI is InChI=1S/C16H19N3O2/c17-9-11-19(14-6-2-1-3-7-14)16(21)12-18-10-5-4-8-15(18)13-20/h1-3,6-7,13,15H,4-5,8,10-12H2. The Morgan fingerprint density at radius 2 is 2.14 bits per heavy atom. The third kappa shape index (κ3) is 3.89. The van der Waals surface area contributed by atoms with Crippen molar-refractivity contribution in [2.75, 3.05) is 24.5 Å². The summed E-state index contributed by atoms with van der Waals surface area (Å²) in [6.07, 6.45) is 3.75. The van der Waals surface area contributed by atoms with Crippen LogP contribution in [0.15, 0.2) is 30.3 Å². The highest BCUT2D eigenvalue weighted by Gasteiger charge is 2.26. The summed E-state index contributed by atoms with van der Waals surface area (Å²) < 4.78 is 0. The minimum absolute atomic E-state index is 0.0163. The number of likely N-dealkylation sites (tertiary alicyclic amines) is 1. The lowest BCUT2D eigenvalue weighted by Crippen LogP contribution is -2.47. The van der Waals surface area contributed by atoms with E-state index in [1.54, 1.807) is 0 Å². The molecule has 1 aromatic rings. The molecule has 0 radical (unpaired) electrons. The Hall–Kier alpha value is -2.19. The molecular formula is C16H19N3O2. The molecule has 1 fully saturated rings. The van der Waals surface area contributed by atoms with Crippen molar-refractivity contribution in [1.82, 2.24) is 4.90 Å². The first-order valence-corrected chi connectivity index (χ1v) is 7.18. The second kappa shape index (κ2) is 7.55. The lowest BCUT2D eigenvalue weighted by atomic mass is 10.0. The number of para-hydroxylation sites is 1. The lowest BCUT2D eigenvalue weighted by molar-refractivity contribution is -0.122. The highest BCUT2D eigenvalue weighted by atomic mass is 16.2. The predicted octanol–water partition coefficient (Wildman–Crippen LogP) is 1.60. The number of hydrogen-bond donors (Lipinski definition) is 0. The van der Waals surface area contributed by atoms with Crippen molar-refractivity contribution in [3.8, 4) is 6.07 Å². The molecule has 1 saturated heterocycles. The van der Waals surface area contributed by atoms with E-state index in [1.807, 2.05) is 41.3 Å². The van der Waals surface area contributed by atoms with E-state index in [-0.39, 0.29) is 25.0 Å². The molecule has 1 unspecified atom stereocenters. The largest absolute Gasteiger partial charge is 0.302 e. The summed E-state index contributed by atoms with van der Waals surface area (Å²) in [6, 6.07) is 11.0. The van der Waals surface area contributed by atoms with Gasteiger partial charge >= 0.3 is 0 Å². The van der Waals surface area contributed by atoms with Gasteiger partial charge in [-0.15, -0.1) is 0 Å². The monoisotopic (exact) mass is 285 g/mol. The summed E-state index contributed by atoms with van der Waals surface area (Å²) in [5, 5.41) is 8.94. The summed E-state index contributed by atoms with van der Waals surface area (Å²) in [4.78, 5) is 27.0. The zero-order chi connectivity index (χ0) is 15.1. The summed E-state index contributed by atoms with van der Waals surface area (Å²) in [6.45, 7) is 0.951. The molecule has 21 heavy (non-hydrogen) atoms. The van der Waals surface area contributed by atoms with Gasteiger partial charge in [-0.3, -0.25) is 14.6 Å². The first kappa shape index (κ1) is 15.2. The number of anilines is 1. The van der Waals surface area contributed by atoms with Gasteiger partial charge in [0.15, 0.2) is 0 Å². The Balaban J connectivity index is 2.08. The van der Waals surface area contributed by atoms with E-state index in [9.17, 15) is 9.59 Å². The van der Waals surface area contributed by atoms with E-state index in [0.717, 1.165) is 32.1 Å². The van der Waals surface area contributed by atoms with Crippen LogP contribution in [-0.4, -0.2) is 42.8 Å². The van der Waals surface area contributed by atoms with Gasteiger partial charge in [-0.1, -0.05) is 24.6 Å². The Morgan fingerprint density at radius 1 is 1.38 bits per heavy atom. The Bertz CT molecular complexity index is 524. The Kier molecular flexibility index (Phi) is 5.47. The van der Waals surface area contributed by atoms with Gasteiger partial charge in [0.2, 0.25) is 5.91 Å². The summed E-state index contributed by atoms with van der Waals surface area (Å²) in [5.41, 5.74) is 0.712. The molecule has 0 saturated carbocycles. The number of rotatable bonds is 5. The number of hydrogen-bond acceptors (Lipinski definition) is 4. The predicted molar refractivity (Wildman–Crippen MR) is 79.7 cm³/mol. The maximum atomic E-state index is 12.5. The molecule has 0 bridgehead atoms. The van der Waals surface area contributed by atoms with Crippen LogP contribution in [0, 0.1) is 11.3 Å². The molecule has 0 aliphatic carbocycles. The Labute approximate surface area is 124 Å². The summed E-state index contributed by atoms with van der Waals surface area (Å²) in [5.74, 6) is -0.142. The number of carbonyl (C=O) groups excluding carboxylic acids is 2. The minimum atomic E-state index is -0.178. The maximum Gasteiger partial charge on any atom is 0.242 e. The van der Waals surface area contributed by atoms with E-state index in [2.05, 4.69) is 0 Å². The van der Waals surface area contributed by atoms with Gasteiger partial charge in [-0.05, 0) is 31.5 Å². The van der Waals surface area contributed by atoms with E-state index < -0.39 is 0 Å². The normalized spacial score (nSPS) is 18.7. The lowest BCUT2D eigenvalue weighted by Gasteiger charge is -2.33. The zero-order valence-corrected chi connectivity index (χ0v) is 11.9. The number of nitriles is 1. The van der Waals surface area contributed by atoms with Gasteiger partial charge in [0, 0.05) is 5.69 Å². The van der Waals surface area contributed by atoms with Gasteiger partial charge in [0.25, 0.3) is 0 Å². The van der Waals surface area contributed by atoms with Gasteiger partial charge in [0.05, 0.1) is 18.7 Å². The van der Waals surface area contributed by atoms with Gasteiger partial charge in [-0.25, -0.2) is 0 Å². The van der Waals surface area contributed by atoms with Crippen molar-refractivity contribution in [2.24, 2.45) is 0 Å².